The quantitative estimate of drug-likeness (QED) is 0.872. The molecule has 2 heterocycles. The van der Waals surface area contributed by atoms with Gasteiger partial charge in [-0.05, 0) is 0 Å². The van der Waals surface area contributed by atoms with Crippen molar-refractivity contribution >= 4 is 22.9 Å². The van der Waals surface area contributed by atoms with Gasteiger partial charge in [-0.25, -0.2) is 4.98 Å². The summed E-state index contributed by atoms with van der Waals surface area (Å²) in [6, 6.07) is 1.82. The molecule has 0 saturated carbocycles. The first-order chi connectivity index (χ1) is 6.84. The maximum Gasteiger partial charge on any atom is 0.124 e. The van der Waals surface area contributed by atoms with Crippen molar-refractivity contribution in [1.29, 1.82) is 0 Å². The Morgan fingerprint density at radius 3 is 3.07 bits per heavy atom. The Morgan fingerprint density at radius 1 is 1.50 bits per heavy atom. The van der Waals surface area contributed by atoms with Crippen molar-refractivity contribution in [3.63, 3.8) is 0 Å². The van der Waals surface area contributed by atoms with Crippen LogP contribution in [0.2, 0.25) is 4.34 Å². The molecule has 0 saturated heterocycles. The standard InChI is InChI=1S/C8H8ClN3OS/c9-7-4-11-8(14-7)5-10-3-6-1-2-13-12-6/h1-2,4,10H,3,5H2. The molecule has 6 heteroatoms. The summed E-state index contributed by atoms with van der Waals surface area (Å²) in [4.78, 5) is 4.11. The molecule has 0 aromatic carbocycles. The van der Waals surface area contributed by atoms with E-state index < -0.39 is 0 Å². The van der Waals surface area contributed by atoms with E-state index in [0.29, 0.717) is 17.4 Å². The summed E-state index contributed by atoms with van der Waals surface area (Å²) in [5, 5.41) is 7.93. The van der Waals surface area contributed by atoms with E-state index in [2.05, 4.69) is 15.5 Å². The fraction of sp³-hybridized carbons (Fsp3) is 0.250. The summed E-state index contributed by atoms with van der Waals surface area (Å²) in [7, 11) is 0. The van der Waals surface area contributed by atoms with Gasteiger partial charge in [0.2, 0.25) is 0 Å². The van der Waals surface area contributed by atoms with Gasteiger partial charge >= 0.3 is 0 Å². The molecule has 0 bridgehead atoms. The Kier molecular flexibility index (Phi) is 3.13. The molecule has 0 atom stereocenters. The van der Waals surface area contributed by atoms with Crippen LogP contribution in [0.4, 0.5) is 0 Å². The molecule has 0 aliphatic carbocycles. The number of rotatable bonds is 4. The molecule has 4 nitrogen and oxygen atoms in total. The third-order valence-electron chi connectivity index (χ3n) is 1.60. The van der Waals surface area contributed by atoms with Gasteiger partial charge < -0.3 is 9.84 Å². The molecule has 2 rings (SSSR count). The lowest BCUT2D eigenvalue weighted by Crippen LogP contribution is -2.12. The third-order valence-corrected chi connectivity index (χ3v) is 2.71. The predicted molar refractivity (Wildman–Crippen MR) is 54.2 cm³/mol. The van der Waals surface area contributed by atoms with Gasteiger partial charge in [0.25, 0.3) is 0 Å². The van der Waals surface area contributed by atoms with Gasteiger partial charge in [-0.15, -0.1) is 11.3 Å². The van der Waals surface area contributed by atoms with Gasteiger partial charge in [0.1, 0.15) is 15.6 Å². The van der Waals surface area contributed by atoms with E-state index in [9.17, 15) is 0 Å². The summed E-state index contributed by atoms with van der Waals surface area (Å²) < 4.78 is 5.41. The monoisotopic (exact) mass is 229 g/mol. The molecule has 0 radical (unpaired) electrons. The maximum atomic E-state index is 5.74. The first-order valence-electron chi connectivity index (χ1n) is 4.05. The van der Waals surface area contributed by atoms with Crippen molar-refractivity contribution < 1.29 is 4.52 Å². The second-order valence-corrected chi connectivity index (χ2v) is 4.40. The summed E-state index contributed by atoms with van der Waals surface area (Å²) in [6.07, 6.45) is 3.20. The van der Waals surface area contributed by atoms with E-state index in [0.717, 1.165) is 10.7 Å². The molecule has 2 aromatic rings. The highest BCUT2D eigenvalue weighted by molar-refractivity contribution is 7.15. The first-order valence-corrected chi connectivity index (χ1v) is 5.24. The number of hydrogen-bond donors (Lipinski definition) is 1. The molecule has 0 aliphatic rings. The largest absolute Gasteiger partial charge is 0.364 e. The van der Waals surface area contributed by atoms with Crippen LogP contribution < -0.4 is 5.32 Å². The zero-order valence-corrected chi connectivity index (χ0v) is 8.81. The van der Waals surface area contributed by atoms with Crippen LogP contribution in [-0.4, -0.2) is 10.1 Å². The van der Waals surface area contributed by atoms with Crippen molar-refractivity contribution in [3.8, 4) is 0 Å². The molecule has 0 fully saturated rings. The molecule has 1 N–H and O–H groups in total. The van der Waals surface area contributed by atoms with Crippen LogP contribution in [0.5, 0.6) is 0 Å². The number of halogens is 1. The molecule has 0 unspecified atom stereocenters. The SMILES string of the molecule is Clc1cnc(CNCc2ccon2)s1. The lowest BCUT2D eigenvalue weighted by molar-refractivity contribution is 0.408. The second kappa shape index (κ2) is 4.54. The Balaban J connectivity index is 1.78. The normalized spacial score (nSPS) is 10.6. The van der Waals surface area contributed by atoms with Crippen molar-refractivity contribution in [1.82, 2.24) is 15.5 Å². The molecule has 0 aliphatic heterocycles. The second-order valence-electron chi connectivity index (χ2n) is 2.65. The summed E-state index contributed by atoms with van der Waals surface area (Å²) >= 11 is 7.21. The molecule has 2 aromatic heterocycles. The molecule has 0 amide bonds. The Morgan fingerprint density at radius 2 is 2.43 bits per heavy atom. The van der Waals surface area contributed by atoms with Crippen LogP contribution in [0.25, 0.3) is 0 Å². The lowest BCUT2D eigenvalue weighted by Gasteiger charge is -1.97. The van der Waals surface area contributed by atoms with Crippen LogP contribution in [0.3, 0.4) is 0 Å². The highest BCUT2D eigenvalue weighted by Gasteiger charge is 2.00. The minimum absolute atomic E-state index is 0.674. The summed E-state index contributed by atoms with van der Waals surface area (Å²) in [5.41, 5.74) is 0.882. The Labute approximate surface area is 89.9 Å². The van der Waals surface area contributed by atoms with E-state index >= 15 is 0 Å². The molecular weight excluding hydrogens is 222 g/mol. The van der Waals surface area contributed by atoms with Crippen molar-refractivity contribution in [2.75, 3.05) is 0 Å². The number of nitrogens with zero attached hydrogens (tertiary/aromatic N) is 2. The van der Waals surface area contributed by atoms with Gasteiger partial charge in [-0.3, -0.25) is 0 Å². The van der Waals surface area contributed by atoms with Gasteiger partial charge in [-0.2, -0.15) is 0 Å². The fourth-order valence-corrected chi connectivity index (χ4v) is 1.92. The number of hydrogen-bond acceptors (Lipinski definition) is 5. The van der Waals surface area contributed by atoms with E-state index in [1.54, 1.807) is 12.5 Å². The zero-order valence-electron chi connectivity index (χ0n) is 7.24. The molecule has 74 valence electrons. The van der Waals surface area contributed by atoms with Crippen molar-refractivity contribution in [2.24, 2.45) is 0 Å². The fourth-order valence-electron chi connectivity index (χ4n) is 0.996. The average Bonchev–Trinajstić information content (AvgIpc) is 2.77. The minimum atomic E-state index is 0.674. The van der Waals surface area contributed by atoms with Crippen LogP contribution in [0.1, 0.15) is 10.7 Å². The third kappa shape index (κ3) is 2.54. The average molecular weight is 230 g/mol. The number of aromatic nitrogens is 2. The van der Waals surface area contributed by atoms with Crippen LogP contribution >= 0.6 is 22.9 Å². The molecule has 0 spiro atoms. The topological polar surface area (TPSA) is 51.0 Å². The van der Waals surface area contributed by atoms with Crippen LogP contribution in [0.15, 0.2) is 23.0 Å². The lowest BCUT2D eigenvalue weighted by atomic mass is 10.4. The molecular formula is C8H8ClN3OS. The van der Waals surface area contributed by atoms with E-state index in [1.165, 1.54) is 11.3 Å². The Hall–Kier alpha value is -0.910. The Bertz CT molecular complexity index is 387. The van der Waals surface area contributed by atoms with Crippen molar-refractivity contribution in [2.45, 2.75) is 13.1 Å². The highest BCUT2D eigenvalue weighted by Crippen LogP contribution is 2.17. The van der Waals surface area contributed by atoms with E-state index in [4.69, 9.17) is 16.1 Å². The smallest absolute Gasteiger partial charge is 0.124 e. The minimum Gasteiger partial charge on any atom is -0.364 e. The number of thiazole rings is 1. The molecule has 14 heavy (non-hydrogen) atoms. The summed E-state index contributed by atoms with van der Waals surface area (Å²) in [5.74, 6) is 0. The first kappa shape index (κ1) is 9.64. The van der Waals surface area contributed by atoms with Gasteiger partial charge in [0.15, 0.2) is 0 Å². The van der Waals surface area contributed by atoms with Crippen molar-refractivity contribution in [3.05, 3.63) is 33.6 Å². The van der Waals surface area contributed by atoms with E-state index in [1.807, 2.05) is 6.07 Å². The van der Waals surface area contributed by atoms with Gasteiger partial charge in [0, 0.05) is 19.2 Å². The van der Waals surface area contributed by atoms with E-state index in [-0.39, 0.29) is 0 Å². The highest BCUT2D eigenvalue weighted by atomic mass is 35.5. The number of nitrogens with one attached hydrogen (secondary N) is 1. The van der Waals surface area contributed by atoms with Crippen LogP contribution in [0, 0.1) is 0 Å². The zero-order chi connectivity index (χ0) is 9.80. The van der Waals surface area contributed by atoms with Gasteiger partial charge in [0.05, 0.1) is 11.9 Å². The predicted octanol–water partition coefficient (Wildman–Crippen LogP) is 2.07. The van der Waals surface area contributed by atoms with Crippen LogP contribution in [-0.2, 0) is 13.1 Å². The summed E-state index contributed by atoms with van der Waals surface area (Å²) in [6.45, 7) is 1.37. The maximum absolute atomic E-state index is 5.74. The van der Waals surface area contributed by atoms with Gasteiger partial charge in [-0.1, -0.05) is 16.8 Å².